The summed E-state index contributed by atoms with van der Waals surface area (Å²) in [7, 11) is 0. The Morgan fingerprint density at radius 2 is 1.41 bits per heavy atom. The van der Waals surface area contributed by atoms with E-state index in [1.165, 1.54) is 0 Å². The molecule has 0 saturated carbocycles. The number of amides is 1. The minimum absolute atomic E-state index is 0.194. The number of Topliss-reactive ketones (excluding diaryl/α,β-unsaturated/α-hetero) is 1. The Balaban J connectivity index is 1.80. The monoisotopic (exact) mass is 427 g/mol. The van der Waals surface area contributed by atoms with Crippen LogP contribution in [-0.4, -0.2) is 29.8 Å². The Morgan fingerprint density at radius 1 is 0.844 bits per heavy atom. The molecular formula is C27H29N3O2. The molecule has 1 fully saturated rings. The summed E-state index contributed by atoms with van der Waals surface area (Å²) in [5.74, 6) is 0.0742. The number of aromatic nitrogens is 1. The largest absolute Gasteiger partial charge is 0.369 e. The van der Waals surface area contributed by atoms with Crippen LogP contribution in [0.1, 0.15) is 45.5 Å². The number of carbonyl (C=O) groups excluding carboxylic acids is 2. The van der Waals surface area contributed by atoms with E-state index in [9.17, 15) is 9.59 Å². The molecule has 32 heavy (non-hydrogen) atoms. The predicted molar refractivity (Wildman–Crippen MR) is 129 cm³/mol. The number of carbonyl (C=O) groups is 2. The van der Waals surface area contributed by atoms with Crippen molar-refractivity contribution < 1.29 is 9.59 Å². The Kier molecular flexibility index (Phi) is 6.08. The first kappa shape index (κ1) is 21.8. The second kappa shape index (κ2) is 8.95. The molecule has 2 heterocycles. The van der Waals surface area contributed by atoms with E-state index in [-0.39, 0.29) is 11.7 Å². The van der Waals surface area contributed by atoms with Crippen LogP contribution in [-0.2, 0) is 4.79 Å². The first-order valence-electron chi connectivity index (χ1n) is 11.0. The molecule has 0 bridgehead atoms. The number of hydrogen-bond donors (Lipinski definition) is 1. The van der Waals surface area contributed by atoms with E-state index in [0.717, 1.165) is 44.8 Å². The third-order valence-electron chi connectivity index (χ3n) is 5.81. The van der Waals surface area contributed by atoms with E-state index < -0.39 is 0 Å². The standard InChI is InChI=1S/C27H29N3O2/c1-17-9-18(2)12-21(11-17)24-15-28-16-25(26(24)30-7-5-23(31)6-8-30)27(32)29-22-13-19(3)10-20(4)14-22/h9-16H,5-8H2,1-4H3,(H,29,32). The molecule has 1 aliphatic rings. The van der Waals surface area contributed by atoms with Crippen LogP contribution in [0.4, 0.5) is 11.4 Å². The quantitative estimate of drug-likeness (QED) is 0.605. The Labute approximate surface area is 189 Å². The summed E-state index contributed by atoms with van der Waals surface area (Å²) in [4.78, 5) is 31.9. The smallest absolute Gasteiger partial charge is 0.259 e. The zero-order valence-corrected chi connectivity index (χ0v) is 19.2. The maximum absolute atomic E-state index is 13.4. The molecule has 1 aliphatic heterocycles. The van der Waals surface area contributed by atoms with Crippen LogP contribution >= 0.6 is 0 Å². The highest BCUT2D eigenvalue weighted by molar-refractivity contribution is 6.10. The van der Waals surface area contributed by atoms with Gasteiger partial charge in [-0.2, -0.15) is 0 Å². The molecule has 0 spiro atoms. The number of anilines is 2. The molecular weight excluding hydrogens is 398 g/mol. The fourth-order valence-corrected chi connectivity index (χ4v) is 4.53. The molecule has 3 aromatic rings. The lowest BCUT2D eigenvalue weighted by Crippen LogP contribution is -2.35. The molecule has 0 atom stereocenters. The van der Waals surface area contributed by atoms with Crippen LogP contribution < -0.4 is 10.2 Å². The van der Waals surface area contributed by atoms with E-state index >= 15 is 0 Å². The third-order valence-corrected chi connectivity index (χ3v) is 5.81. The molecule has 5 nitrogen and oxygen atoms in total. The molecule has 1 aromatic heterocycles. The highest BCUT2D eigenvalue weighted by Gasteiger charge is 2.25. The number of nitrogens with zero attached hydrogens (tertiary/aromatic N) is 2. The fourth-order valence-electron chi connectivity index (χ4n) is 4.53. The van der Waals surface area contributed by atoms with Gasteiger partial charge in [0.15, 0.2) is 0 Å². The molecule has 164 valence electrons. The van der Waals surface area contributed by atoms with Crippen molar-refractivity contribution in [2.75, 3.05) is 23.3 Å². The lowest BCUT2D eigenvalue weighted by molar-refractivity contribution is -0.119. The van der Waals surface area contributed by atoms with Crippen LogP contribution in [0, 0.1) is 27.7 Å². The van der Waals surface area contributed by atoms with Crippen LogP contribution in [0.15, 0.2) is 48.8 Å². The third kappa shape index (κ3) is 4.72. The van der Waals surface area contributed by atoms with Gasteiger partial charge in [-0.25, -0.2) is 0 Å². The Hall–Kier alpha value is -3.47. The van der Waals surface area contributed by atoms with Gasteiger partial charge >= 0.3 is 0 Å². The average Bonchev–Trinajstić information content (AvgIpc) is 2.72. The van der Waals surface area contributed by atoms with Crippen LogP contribution in [0.5, 0.6) is 0 Å². The summed E-state index contributed by atoms with van der Waals surface area (Å²) in [6.07, 6.45) is 4.45. The highest BCUT2D eigenvalue weighted by atomic mass is 16.1. The molecule has 1 N–H and O–H groups in total. The van der Waals surface area contributed by atoms with Crippen LogP contribution in [0.2, 0.25) is 0 Å². The van der Waals surface area contributed by atoms with Gasteiger partial charge in [0.2, 0.25) is 0 Å². The van der Waals surface area contributed by atoms with Crippen molar-refractivity contribution in [3.63, 3.8) is 0 Å². The van der Waals surface area contributed by atoms with Crippen LogP contribution in [0.25, 0.3) is 11.1 Å². The summed E-state index contributed by atoms with van der Waals surface area (Å²) in [6, 6.07) is 12.4. The summed E-state index contributed by atoms with van der Waals surface area (Å²) < 4.78 is 0. The summed E-state index contributed by atoms with van der Waals surface area (Å²) in [5, 5.41) is 3.06. The Bertz CT molecular complexity index is 1150. The van der Waals surface area contributed by atoms with Gasteiger partial charge in [-0.1, -0.05) is 35.4 Å². The molecule has 4 rings (SSSR count). The second-order valence-electron chi connectivity index (χ2n) is 8.82. The Morgan fingerprint density at radius 3 is 2.00 bits per heavy atom. The first-order chi connectivity index (χ1) is 15.3. The molecule has 5 heteroatoms. The van der Waals surface area contributed by atoms with Crippen molar-refractivity contribution in [2.24, 2.45) is 0 Å². The normalized spacial score (nSPS) is 13.9. The number of aryl methyl sites for hydroxylation is 4. The van der Waals surface area contributed by atoms with Gasteiger partial charge in [0.05, 0.1) is 11.3 Å². The zero-order chi connectivity index (χ0) is 22.8. The number of benzene rings is 2. The van der Waals surface area contributed by atoms with Gasteiger partial charge in [0.25, 0.3) is 5.91 Å². The van der Waals surface area contributed by atoms with Gasteiger partial charge in [0.1, 0.15) is 5.78 Å². The summed E-state index contributed by atoms with van der Waals surface area (Å²) in [6.45, 7) is 9.37. The zero-order valence-electron chi connectivity index (χ0n) is 19.2. The van der Waals surface area contributed by atoms with E-state index in [1.807, 2.05) is 32.2 Å². The number of rotatable bonds is 4. The predicted octanol–water partition coefficient (Wildman–Crippen LogP) is 5.40. The minimum Gasteiger partial charge on any atom is -0.369 e. The number of hydrogen-bond acceptors (Lipinski definition) is 4. The maximum Gasteiger partial charge on any atom is 0.259 e. The van der Waals surface area contributed by atoms with Gasteiger partial charge < -0.3 is 10.2 Å². The van der Waals surface area contributed by atoms with Gasteiger partial charge in [-0.3, -0.25) is 14.6 Å². The van der Waals surface area contributed by atoms with Gasteiger partial charge in [-0.15, -0.1) is 0 Å². The van der Waals surface area contributed by atoms with Crippen LogP contribution in [0.3, 0.4) is 0 Å². The van der Waals surface area contributed by atoms with E-state index in [0.29, 0.717) is 31.5 Å². The highest BCUT2D eigenvalue weighted by Crippen LogP contribution is 2.36. The number of ketones is 1. The van der Waals surface area contributed by atoms with Crippen molar-refractivity contribution in [2.45, 2.75) is 40.5 Å². The fraction of sp³-hybridized carbons (Fsp3) is 0.296. The lowest BCUT2D eigenvalue weighted by atomic mass is 9.96. The second-order valence-corrected chi connectivity index (χ2v) is 8.82. The lowest BCUT2D eigenvalue weighted by Gasteiger charge is -2.31. The topological polar surface area (TPSA) is 62.3 Å². The average molecular weight is 428 g/mol. The maximum atomic E-state index is 13.4. The first-order valence-corrected chi connectivity index (χ1v) is 11.0. The molecule has 0 aliphatic carbocycles. The van der Waals surface area contributed by atoms with Crippen molar-refractivity contribution in [3.8, 4) is 11.1 Å². The van der Waals surface area contributed by atoms with Crippen molar-refractivity contribution in [1.29, 1.82) is 0 Å². The molecule has 0 radical (unpaired) electrons. The SMILES string of the molecule is Cc1cc(C)cc(NC(=O)c2cncc(-c3cc(C)cc(C)c3)c2N2CCC(=O)CC2)c1. The van der Waals surface area contributed by atoms with E-state index in [4.69, 9.17) is 0 Å². The van der Waals surface area contributed by atoms with E-state index in [1.54, 1.807) is 6.20 Å². The molecule has 2 aromatic carbocycles. The summed E-state index contributed by atoms with van der Waals surface area (Å²) in [5.41, 5.74) is 8.59. The molecule has 0 unspecified atom stereocenters. The molecule has 1 amide bonds. The van der Waals surface area contributed by atoms with Crippen molar-refractivity contribution in [1.82, 2.24) is 4.98 Å². The number of pyridine rings is 1. The molecule has 1 saturated heterocycles. The van der Waals surface area contributed by atoms with E-state index in [2.05, 4.69) is 53.3 Å². The minimum atomic E-state index is -0.194. The van der Waals surface area contributed by atoms with Crippen molar-refractivity contribution >= 4 is 23.1 Å². The van der Waals surface area contributed by atoms with Crippen molar-refractivity contribution in [3.05, 3.63) is 76.6 Å². The summed E-state index contributed by atoms with van der Waals surface area (Å²) >= 11 is 0. The number of piperidine rings is 1. The van der Waals surface area contributed by atoms with Gasteiger partial charge in [0, 0.05) is 49.6 Å². The number of nitrogens with one attached hydrogen (secondary N) is 1. The van der Waals surface area contributed by atoms with Gasteiger partial charge in [-0.05, 0) is 56.5 Å².